The smallest absolute Gasteiger partial charge is 0.265 e. The predicted octanol–water partition coefficient (Wildman–Crippen LogP) is 4.66. The number of nitrogens with one attached hydrogen (secondary N) is 1. The Kier molecular flexibility index (Phi) is 4.77. The van der Waals surface area contributed by atoms with Crippen molar-refractivity contribution in [1.82, 2.24) is 4.90 Å². The second-order valence-electron chi connectivity index (χ2n) is 6.81. The molecule has 0 spiro atoms. The van der Waals surface area contributed by atoms with E-state index in [1.54, 1.807) is 11.3 Å². The van der Waals surface area contributed by atoms with Gasteiger partial charge in [-0.05, 0) is 55.7 Å². The fourth-order valence-corrected chi connectivity index (χ4v) is 4.92. The summed E-state index contributed by atoms with van der Waals surface area (Å²) in [6.07, 6.45) is 5.40. The zero-order valence-electron chi connectivity index (χ0n) is 14.6. The van der Waals surface area contributed by atoms with Gasteiger partial charge < -0.3 is 10.1 Å². The van der Waals surface area contributed by atoms with Crippen LogP contribution in [0.15, 0.2) is 30.3 Å². The van der Waals surface area contributed by atoms with Crippen LogP contribution in [-0.2, 0) is 13.1 Å². The van der Waals surface area contributed by atoms with E-state index in [0.29, 0.717) is 6.61 Å². The molecular formula is C20H24N2O2S. The van der Waals surface area contributed by atoms with Crippen molar-refractivity contribution >= 4 is 22.9 Å². The van der Waals surface area contributed by atoms with Crippen LogP contribution in [0, 0.1) is 0 Å². The minimum absolute atomic E-state index is 0.0176. The van der Waals surface area contributed by atoms with Crippen molar-refractivity contribution in [2.45, 2.75) is 51.7 Å². The number of carbonyl (C=O) groups is 1. The average molecular weight is 356 g/mol. The van der Waals surface area contributed by atoms with Gasteiger partial charge in [0, 0.05) is 29.7 Å². The van der Waals surface area contributed by atoms with E-state index in [9.17, 15) is 4.79 Å². The first-order valence-corrected chi connectivity index (χ1v) is 9.94. The molecule has 1 aromatic carbocycles. The van der Waals surface area contributed by atoms with Gasteiger partial charge in [-0.1, -0.05) is 12.8 Å². The maximum Gasteiger partial charge on any atom is 0.265 e. The van der Waals surface area contributed by atoms with E-state index >= 15 is 0 Å². The minimum Gasteiger partial charge on any atom is -0.494 e. The lowest BCUT2D eigenvalue weighted by Crippen LogP contribution is -2.27. The zero-order chi connectivity index (χ0) is 17.2. The van der Waals surface area contributed by atoms with E-state index < -0.39 is 0 Å². The van der Waals surface area contributed by atoms with Crippen LogP contribution in [0.2, 0.25) is 0 Å². The first-order chi connectivity index (χ1) is 12.2. The van der Waals surface area contributed by atoms with Crippen molar-refractivity contribution in [2.75, 3.05) is 11.9 Å². The van der Waals surface area contributed by atoms with Gasteiger partial charge >= 0.3 is 0 Å². The molecule has 1 amide bonds. The normalized spacial score (nSPS) is 17.6. The summed E-state index contributed by atoms with van der Waals surface area (Å²) in [5.74, 6) is 0.804. The van der Waals surface area contributed by atoms with Crippen molar-refractivity contribution in [3.63, 3.8) is 0 Å². The predicted molar refractivity (Wildman–Crippen MR) is 101 cm³/mol. The molecular weight excluding hydrogens is 332 g/mol. The van der Waals surface area contributed by atoms with Crippen LogP contribution < -0.4 is 10.1 Å². The van der Waals surface area contributed by atoms with E-state index in [-0.39, 0.29) is 5.91 Å². The van der Waals surface area contributed by atoms with Crippen molar-refractivity contribution in [3.05, 3.63) is 45.6 Å². The van der Waals surface area contributed by atoms with Crippen LogP contribution in [0.5, 0.6) is 5.75 Å². The van der Waals surface area contributed by atoms with E-state index in [2.05, 4.69) is 16.3 Å². The van der Waals surface area contributed by atoms with Crippen LogP contribution in [0.3, 0.4) is 0 Å². The summed E-state index contributed by atoms with van der Waals surface area (Å²) in [4.78, 5) is 17.3. The van der Waals surface area contributed by atoms with Gasteiger partial charge in [-0.2, -0.15) is 0 Å². The summed E-state index contributed by atoms with van der Waals surface area (Å²) >= 11 is 1.64. The molecule has 1 aliphatic heterocycles. The largest absolute Gasteiger partial charge is 0.494 e. The molecule has 2 aromatic rings. The van der Waals surface area contributed by atoms with E-state index in [1.807, 2.05) is 31.2 Å². The molecule has 0 saturated heterocycles. The molecule has 1 saturated carbocycles. The van der Waals surface area contributed by atoms with Gasteiger partial charge in [-0.25, -0.2) is 0 Å². The van der Waals surface area contributed by atoms with Gasteiger partial charge in [-0.3, -0.25) is 9.69 Å². The van der Waals surface area contributed by atoms with Gasteiger partial charge in [0.05, 0.1) is 11.5 Å². The number of thiophene rings is 1. The zero-order valence-corrected chi connectivity index (χ0v) is 15.4. The van der Waals surface area contributed by atoms with Crippen molar-refractivity contribution < 1.29 is 9.53 Å². The average Bonchev–Trinajstić information content (AvgIpc) is 3.32. The van der Waals surface area contributed by atoms with Gasteiger partial charge in [0.15, 0.2) is 0 Å². The topological polar surface area (TPSA) is 41.6 Å². The lowest BCUT2D eigenvalue weighted by atomic mass is 10.2. The third-order valence-corrected chi connectivity index (χ3v) is 6.27. The van der Waals surface area contributed by atoms with E-state index in [1.165, 1.54) is 36.1 Å². The highest BCUT2D eigenvalue weighted by molar-refractivity contribution is 7.14. The van der Waals surface area contributed by atoms with Crippen LogP contribution in [0.25, 0.3) is 0 Å². The quantitative estimate of drug-likeness (QED) is 0.847. The Bertz CT molecular complexity index is 724. The SMILES string of the molecule is CCOc1ccc(NC(=O)c2cc3c(s2)CN(C2CCCC2)C3)cc1. The molecule has 4 nitrogen and oxygen atoms in total. The monoisotopic (exact) mass is 356 g/mol. The first-order valence-electron chi connectivity index (χ1n) is 9.13. The number of amides is 1. The summed E-state index contributed by atoms with van der Waals surface area (Å²) in [5, 5.41) is 2.98. The first kappa shape index (κ1) is 16.6. The van der Waals surface area contributed by atoms with E-state index in [0.717, 1.165) is 35.4 Å². The molecule has 1 aromatic heterocycles. The highest BCUT2D eigenvalue weighted by Gasteiger charge is 2.30. The molecule has 1 aliphatic carbocycles. The maximum absolute atomic E-state index is 12.5. The Morgan fingerprint density at radius 2 is 2.00 bits per heavy atom. The molecule has 0 atom stereocenters. The lowest BCUT2D eigenvalue weighted by Gasteiger charge is -2.22. The molecule has 1 N–H and O–H groups in total. The number of nitrogens with zero attached hydrogens (tertiary/aromatic N) is 1. The van der Waals surface area contributed by atoms with Crippen molar-refractivity contribution in [3.8, 4) is 5.75 Å². The third-order valence-electron chi connectivity index (χ3n) is 5.10. The Hall–Kier alpha value is -1.85. The molecule has 5 heteroatoms. The number of ether oxygens (including phenoxy) is 1. The molecule has 2 aliphatic rings. The summed E-state index contributed by atoms with van der Waals surface area (Å²) < 4.78 is 5.43. The second-order valence-corrected chi connectivity index (χ2v) is 7.95. The van der Waals surface area contributed by atoms with Crippen LogP contribution in [0.4, 0.5) is 5.69 Å². The van der Waals surface area contributed by atoms with E-state index in [4.69, 9.17) is 4.74 Å². The summed E-state index contributed by atoms with van der Waals surface area (Å²) in [7, 11) is 0. The minimum atomic E-state index is -0.0176. The Morgan fingerprint density at radius 3 is 2.68 bits per heavy atom. The Labute approximate surface area is 152 Å². The molecule has 0 bridgehead atoms. The third kappa shape index (κ3) is 3.58. The van der Waals surface area contributed by atoms with Gasteiger partial charge in [0.25, 0.3) is 5.91 Å². The number of rotatable bonds is 5. The Balaban J connectivity index is 1.38. The molecule has 1 fully saturated rings. The number of hydrogen-bond acceptors (Lipinski definition) is 4. The molecule has 0 radical (unpaired) electrons. The molecule has 132 valence electrons. The lowest BCUT2D eigenvalue weighted by molar-refractivity contribution is 0.103. The van der Waals surface area contributed by atoms with Crippen molar-refractivity contribution in [1.29, 1.82) is 0 Å². The van der Waals surface area contributed by atoms with Gasteiger partial charge in [0.1, 0.15) is 5.75 Å². The fourth-order valence-electron chi connectivity index (χ4n) is 3.83. The number of hydrogen-bond donors (Lipinski definition) is 1. The standard InChI is InChI=1S/C20H24N2O2S/c1-2-24-17-9-7-15(8-10-17)21-20(23)18-11-14-12-22(13-19(14)25-18)16-5-3-4-6-16/h7-11,16H,2-6,12-13H2,1H3,(H,21,23). The molecule has 2 heterocycles. The van der Waals surface area contributed by atoms with Crippen LogP contribution in [-0.4, -0.2) is 23.5 Å². The van der Waals surface area contributed by atoms with Crippen LogP contribution in [0.1, 0.15) is 52.7 Å². The summed E-state index contributed by atoms with van der Waals surface area (Å²) in [6, 6.07) is 10.4. The van der Waals surface area contributed by atoms with Gasteiger partial charge in [-0.15, -0.1) is 11.3 Å². The molecule has 0 unspecified atom stereocenters. The molecule has 25 heavy (non-hydrogen) atoms. The summed E-state index contributed by atoms with van der Waals surface area (Å²) in [6.45, 7) is 4.62. The maximum atomic E-state index is 12.5. The number of carbonyl (C=O) groups excluding carboxylic acids is 1. The number of anilines is 1. The van der Waals surface area contributed by atoms with Gasteiger partial charge in [0.2, 0.25) is 0 Å². The highest BCUT2D eigenvalue weighted by atomic mass is 32.1. The molecule has 4 rings (SSSR count). The number of fused-ring (bicyclic) bond motifs is 1. The summed E-state index contributed by atoms with van der Waals surface area (Å²) in [5.41, 5.74) is 2.14. The second kappa shape index (κ2) is 7.18. The van der Waals surface area contributed by atoms with Crippen molar-refractivity contribution in [2.24, 2.45) is 0 Å². The number of benzene rings is 1. The fraction of sp³-hybridized carbons (Fsp3) is 0.450. The Morgan fingerprint density at radius 1 is 1.24 bits per heavy atom. The van der Waals surface area contributed by atoms with Crippen LogP contribution >= 0.6 is 11.3 Å². The highest BCUT2D eigenvalue weighted by Crippen LogP contribution is 2.36.